The molecule has 3 aromatic rings. The van der Waals surface area contributed by atoms with E-state index in [4.69, 9.17) is 0 Å². The first-order valence-corrected chi connectivity index (χ1v) is 11.4. The van der Waals surface area contributed by atoms with Crippen molar-refractivity contribution in [2.45, 2.75) is 57.0 Å². The van der Waals surface area contributed by atoms with Gasteiger partial charge in [-0.25, -0.2) is 0 Å². The molecular formula is C24H30N2S. The number of hydrogen-bond donors (Lipinski definition) is 1. The van der Waals surface area contributed by atoms with Crippen LogP contribution in [0.4, 0.5) is 0 Å². The number of rotatable bonds is 5. The molecule has 1 atom stereocenters. The van der Waals surface area contributed by atoms with Crippen LogP contribution in [0.1, 0.15) is 54.5 Å². The number of aryl methyl sites for hydroxylation is 2. The molecule has 0 amide bonds. The summed E-state index contributed by atoms with van der Waals surface area (Å²) in [4.78, 5) is 7.52. The summed E-state index contributed by atoms with van der Waals surface area (Å²) in [5.41, 5.74) is 7.16. The number of hydrogen-bond acceptors (Lipinski definition) is 2. The maximum atomic E-state index is 3.45. The summed E-state index contributed by atoms with van der Waals surface area (Å²) >= 11 is 1.82. The summed E-state index contributed by atoms with van der Waals surface area (Å²) in [5, 5.41) is 1.41. The van der Waals surface area contributed by atoms with Gasteiger partial charge in [0.05, 0.1) is 0 Å². The van der Waals surface area contributed by atoms with Gasteiger partial charge < -0.3 is 4.98 Å². The minimum absolute atomic E-state index is 0.537. The fraction of sp³-hybridized carbons (Fsp3) is 0.417. The van der Waals surface area contributed by atoms with Crippen LogP contribution in [0, 0.1) is 6.92 Å². The van der Waals surface area contributed by atoms with Crippen molar-refractivity contribution in [3.8, 4) is 0 Å². The lowest BCUT2D eigenvalue weighted by atomic mass is 9.92. The second-order valence-electron chi connectivity index (χ2n) is 7.71. The van der Waals surface area contributed by atoms with Gasteiger partial charge in [-0.05, 0) is 79.4 Å². The molecule has 0 aliphatic carbocycles. The number of likely N-dealkylation sites (tertiary alicyclic amines) is 1. The Bertz CT molecular complexity index is 910. The molecule has 1 N–H and O–H groups in total. The van der Waals surface area contributed by atoms with Crippen molar-refractivity contribution in [1.82, 2.24) is 9.88 Å². The number of nitrogens with zero attached hydrogens (tertiary/aromatic N) is 1. The third kappa shape index (κ3) is 3.68. The van der Waals surface area contributed by atoms with Crippen molar-refractivity contribution >= 4 is 22.7 Å². The number of nitrogens with one attached hydrogen (secondary N) is 1. The van der Waals surface area contributed by atoms with Crippen LogP contribution in [0.2, 0.25) is 0 Å². The van der Waals surface area contributed by atoms with E-state index in [1.165, 1.54) is 63.9 Å². The van der Waals surface area contributed by atoms with Crippen LogP contribution >= 0.6 is 11.8 Å². The second kappa shape index (κ2) is 8.12. The van der Waals surface area contributed by atoms with Gasteiger partial charge in [0.25, 0.3) is 0 Å². The molecule has 0 radical (unpaired) electrons. The number of piperidine rings is 1. The first-order chi connectivity index (χ1) is 13.2. The molecule has 1 aliphatic rings. The Morgan fingerprint density at radius 1 is 1.15 bits per heavy atom. The standard InChI is InChI=1S/C24H30N2S/c1-4-18-15-17(2)24-21(12-13-25-24)22(18)16-26-14-6-5-7-23(26)19-8-10-20(27-3)11-9-19/h8-13,15,23,25H,4-7,14,16H2,1-3H3/t23-/m0/s1. The Hall–Kier alpha value is -1.71. The Kier molecular flexibility index (Phi) is 5.60. The molecule has 2 heterocycles. The molecule has 0 saturated carbocycles. The van der Waals surface area contributed by atoms with E-state index in [2.05, 4.69) is 72.6 Å². The highest BCUT2D eigenvalue weighted by Gasteiger charge is 2.25. The van der Waals surface area contributed by atoms with Crippen LogP contribution in [0.15, 0.2) is 47.5 Å². The summed E-state index contributed by atoms with van der Waals surface area (Å²) < 4.78 is 0. The SMILES string of the molecule is CCc1cc(C)c2[nH]ccc2c1CN1CCCC[C@H]1c1ccc(SC)cc1. The highest BCUT2D eigenvalue weighted by atomic mass is 32.2. The average Bonchev–Trinajstić information content (AvgIpc) is 3.21. The van der Waals surface area contributed by atoms with Crippen molar-refractivity contribution < 1.29 is 0 Å². The normalized spacial score (nSPS) is 18.3. The van der Waals surface area contributed by atoms with Crippen LogP contribution in [0.5, 0.6) is 0 Å². The molecule has 3 heteroatoms. The number of aromatic nitrogens is 1. The maximum Gasteiger partial charge on any atom is 0.0487 e. The van der Waals surface area contributed by atoms with Gasteiger partial charge in [0.1, 0.15) is 0 Å². The zero-order valence-electron chi connectivity index (χ0n) is 16.7. The van der Waals surface area contributed by atoms with Crippen LogP contribution in [-0.2, 0) is 13.0 Å². The Morgan fingerprint density at radius 3 is 2.70 bits per heavy atom. The second-order valence-corrected chi connectivity index (χ2v) is 8.59. The molecule has 1 fully saturated rings. The van der Waals surface area contributed by atoms with Gasteiger partial charge in [-0.15, -0.1) is 11.8 Å². The number of benzene rings is 2. The van der Waals surface area contributed by atoms with Gasteiger partial charge in [0, 0.05) is 34.6 Å². The van der Waals surface area contributed by atoms with E-state index < -0.39 is 0 Å². The topological polar surface area (TPSA) is 19.0 Å². The highest BCUT2D eigenvalue weighted by molar-refractivity contribution is 7.98. The van der Waals surface area contributed by atoms with E-state index in [0.717, 1.165) is 13.0 Å². The van der Waals surface area contributed by atoms with Gasteiger partial charge in [-0.3, -0.25) is 4.90 Å². The van der Waals surface area contributed by atoms with E-state index in [0.29, 0.717) is 6.04 Å². The number of fused-ring (bicyclic) bond motifs is 1. The first-order valence-electron chi connectivity index (χ1n) is 10.2. The number of aromatic amines is 1. The van der Waals surface area contributed by atoms with Crippen molar-refractivity contribution in [3.63, 3.8) is 0 Å². The minimum atomic E-state index is 0.537. The highest BCUT2D eigenvalue weighted by Crippen LogP contribution is 2.35. The van der Waals surface area contributed by atoms with Crippen LogP contribution in [-0.4, -0.2) is 22.7 Å². The lowest BCUT2D eigenvalue weighted by molar-refractivity contribution is 0.140. The summed E-state index contributed by atoms with van der Waals surface area (Å²) in [7, 11) is 0. The van der Waals surface area contributed by atoms with Crippen molar-refractivity contribution in [3.05, 3.63) is 64.8 Å². The fourth-order valence-electron chi connectivity index (χ4n) is 4.63. The third-order valence-electron chi connectivity index (χ3n) is 6.10. The number of H-pyrrole nitrogens is 1. The zero-order chi connectivity index (χ0) is 18.8. The smallest absolute Gasteiger partial charge is 0.0487 e. The summed E-state index contributed by atoms with van der Waals surface area (Å²) in [6.07, 6.45) is 9.24. The van der Waals surface area contributed by atoms with Crippen LogP contribution in [0.25, 0.3) is 10.9 Å². The zero-order valence-corrected chi connectivity index (χ0v) is 17.5. The number of thioether (sulfide) groups is 1. The van der Waals surface area contributed by atoms with Crippen LogP contribution < -0.4 is 0 Å². The van der Waals surface area contributed by atoms with E-state index in [1.807, 2.05) is 11.8 Å². The van der Waals surface area contributed by atoms with E-state index in [1.54, 1.807) is 0 Å². The molecule has 4 rings (SSSR count). The molecule has 1 aliphatic heterocycles. The van der Waals surface area contributed by atoms with Gasteiger partial charge in [0.15, 0.2) is 0 Å². The van der Waals surface area contributed by atoms with Crippen LogP contribution in [0.3, 0.4) is 0 Å². The maximum absolute atomic E-state index is 3.45. The summed E-state index contributed by atoms with van der Waals surface area (Å²) in [6, 6.07) is 14.4. The summed E-state index contributed by atoms with van der Waals surface area (Å²) in [6.45, 7) is 6.75. The van der Waals surface area contributed by atoms with Crippen molar-refractivity contribution in [1.29, 1.82) is 0 Å². The fourth-order valence-corrected chi connectivity index (χ4v) is 5.04. The Balaban J connectivity index is 1.68. The molecule has 27 heavy (non-hydrogen) atoms. The van der Waals surface area contributed by atoms with Gasteiger partial charge in [-0.1, -0.05) is 31.5 Å². The molecule has 2 aromatic carbocycles. The quantitative estimate of drug-likeness (QED) is 0.512. The van der Waals surface area contributed by atoms with Crippen molar-refractivity contribution in [2.24, 2.45) is 0 Å². The predicted octanol–water partition coefficient (Wildman–Crippen LogP) is 6.49. The lowest BCUT2D eigenvalue weighted by Crippen LogP contribution is -2.33. The van der Waals surface area contributed by atoms with Gasteiger partial charge >= 0.3 is 0 Å². The minimum Gasteiger partial charge on any atom is -0.361 e. The Labute approximate surface area is 167 Å². The van der Waals surface area contributed by atoms with Gasteiger partial charge in [0.2, 0.25) is 0 Å². The van der Waals surface area contributed by atoms with E-state index in [-0.39, 0.29) is 0 Å². The molecule has 1 saturated heterocycles. The van der Waals surface area contributed by atoms with E-state index >= 15 is 0 Å². The molecule has 142 valence electrons. The molecule has 2 nitrogen and oxygen atoms in total. The summed E-state index contributed by atoms with van der Waals surface area (Å²) in [5.74, 6) is 0. The molecule has 1 aromatic heterocycles. The lowest BCUT2D eigenvalue weighted by Gasteiger charge is -2.37. The molecule has 0 bridgehead atoms. The molecule has 0 unspecified atom stereocenters. The monoisotopic (exact) mass is 378 g/mol. The van der Waals surface area contributed by atoms with Gasteiger partial charge in [-0.2, -0.15) is 0 Å². The van der Waals surface area contributed by atoms with Crippen molar-refractivity contribution in [2.75, 3.05) is 12.8 Å². The molecule has 0 spiro atoms. The average molecular weight is 379 g/mol. The first kappa shape index (κ1) is 18.6. The Morgan fingerprint density at radius 2 is 1.96 bits per heavy atom. The third-order valence-corrected chi connectivity index (χ3v) is 6.84. The predicted molar refractivity (Wildman–Crippen MR) is 118 cm³/mol. The molecular weight excluding hydrogens is 348 g/mol. The van der Waals surface area contributed by atoms with E-state index in [9.17, 15) is 0 Å². The largest absolute Gasteiger partial charge is 0.361 e.